The van der Waals surface area contributed by atoms with Gasteiger partial charge in [-0.2, -0.15) is 0 Å². The minimum Gasteiger partial charge on any atom is -0.353 e. The molecule has 3 rings (SSSR count). The summed E-state index contributed by atoms with van der Waals surface area (Å²) in [7, 11) is 0. The van der Waals surface area contributed by atoms with Crippen molar-refractivity contribution < 1.29 is 4.79 Å². The molecule has 1 aliphatic rings. The number of rotatable bonds is 5. The molecular formula is C15H16N2O. The lowest BCUT2D eigenvalue weighted by Gasteiger charge is -2.02. The van der Waals surface area contributed by atoms with Crippen molar-refractivity contribution in [1.82, 2.24) is 9.55 Å². The molecule has 2 heterocycles. The SMILES string of the molecule is O=C(c1ccn(CCc2ccccn2)c1)C1CC1. The van der Waals surface area contributed by atoms with Gasteiger partial charge in [-0.05, 0) is 31.0 Å². The number of nitrogens with zero attached hydrogens (tertiary/aromatic N) is 2. The summed E-state index contributed by atoms with van der Waals surface area (Å²) >= 11 is 0. The lowest BCUT2D eigenvalue weighted by molar-refractivity contribution is 0.0967. The summed E-state index contributed by atoms with van der Waals surface area (Å²) < 4.78 is 2.07. The Balaban J connectivity index is 1.61. The second-order valence-electron chi connectivity index (χ2n) is 4.85. The molecule has 3 heteroatoms. The second kappa shape index (κ2) is 4.77. The topological polar surface area (TPSA) is 34.9 Å². The third-order valence-electron chi connectivity index (χ3n) is 3.34. The van der Waals surface area contributed by atoms with Crippen molar-refractivity contribution in [3.63, 3.8) is 0 Å². The van der Waals surface area contributed by atoms with E-state index in [-0.39, 0.29) is 0 Å². The van der Waals surface area contributed by atoms with Crippen LogP contribution in [-0.2, 0) is 13.0 Å². The number of pyridine rings is 1. The zero-order valence-electron chi connectivity index (χ0n) is 10.2. The smallest absolute Gasteiger partial charge is 0.167 e. The molecule has 1 saturated carbocycles. The van der Waals surface area contributed by atoms with Crippen LogP contribution in [0.1, 0.15) is 28.9 Å². The average Bonchev–Trinajstić information content (AvgIpc) is 3.15. The first kappa shape index (κ1) is 11.2. The van der Waals surface area contributed by atoms with Crippen molar-refractivity contribution in [2.75, 3.05) is 0 Å². The fourth-order valence-electron chi connectivity index (χ4n) is 2.10. The summed E-state index contributed by atoms with van der Waals surface area (Å²) in [6.45, 7) is 0.870. The van der Waals surface area contributed by atoms with E-state index in [2.05, 4.69) is 9.55 Å². The van der Waals surface area contributed by atoms with Gasteiger partial charge in [0.2, 0.25) is 0 Å². The molecule has 0 atom stereocenters. The Morgan fingerprint density at radius 2 is 2.22 bits per heavy atom. The Morgan fingerprint density at radius 1 is 1.33 bits per heavy atom. The largest absolute Gasteiger partial charge is 0.353 e. The van der Waals surface area contributed by atoms with Gasteiger partial charge >= 0.3 is 0 Å². The molecule has 1 aliphatic carbocycles. The highest BCUT2D eigenvalue weighted by atomic mass is 16.1. The third kappa shape index (κ3) is 2.50. The summed E-state index contributed by atoms with van der Waals surface area (Å²) in [4.78, 5) is 16.2. The molecule has 18 heavy (non-hydrogen) atoms. The van der Waals surface area contributed by atoms with Crippen molar-refractivity contribution in [3.05, 3.63) is 54.1 Å². The van der Waals surface area contributed by atoms with E-state index in [9.17, 15) is 4.79 Å². The van der Waals surface area contributed by atoms with Crippen LogP contribution in [0.3, 0.4) is 0 Å². The van der Waals surface area contributed by atoms with E-state index in [4.69, 9.17) is 0 Å². The molecule has 0 saturated heterocycles. The highest BCUT2D eigenvalue weighted by Gasteiger charge is 2.30. The second-order valence-corrected chi connectivity index (χ2v) is 4.85. The number of hydrogen-bond acceptors (Lipinski definition) is 2. The van der Waals surface area contributed by atoms with Crippen LogP contribution in [-0.4, -0.2) is 15.3 Å². The van der Waals surface area contributed by atoms with Crippen LogP contribution in [0.2, 0.25) is 0 Å². The van der Waals surface area contributed by atoms with E-state index in [0.29, 0.717) is 11.7 Å². The minimum absolute atomic E-state index is 0.302. The first-order chi connectivity index (χ1) is 8.83. The highest BCUT2D eigenvalue weighted by molar-refractivity contribution is 5.99. The number of aryl methyl sites for hydroxylation is 2. The van der Waals surface area contributed by atoms with Crippen LogP contribution in [0.5, 0.6) is 0 Å². The summed E-state index contributed by atoms with van der Waals surface area (Å²) in [5, 5.41) is 0. The van der Waals surface area contributed by atoms with E-state index in [1.165, 1.54) is 0 Å². The summed E-state index contributed by atoms with van der Waals surface area (Å²) in [6, 6.07) is 7.88. The van der Waals surface area contributed by atoms with Crippen LogP contribution in [0.25, 0.3) is 0 Å². The van der Waals surface area contributed by atoms with Crippen LogP contribution in [0, 0.1) is 5.92 Å². The van der Waals surface area contributed by atoms with Crippen molar-refractivity contribution in [1.29, 1.82) is 0 Å². The maximum absolute atomic E-state index is 11.9. The fourth-order valence-corrected chi connectivity index (χ4v) is 2.10. The number of aromatic nitrogens is 2. The fraction of sp³-hybridized carbons (Fsp3) is 0.333. The number of Topliss-reactive ketones (excluding diaryl/α,β-unsaturated/α-hetero) is 1. The molecule has 0 spiro atoms. The summed E-state index contributed by atoms with van der Waals surface area (Å²) in [5.41, 5.74) is 1.94. The summed E-state index contributed by atoms with van der Waals surface area (Å²) in [5.74, 6) is 0.614. The van der Waals surface area contributed by atoms with E-state index < -0.39 is 0 Å². The van der Waals surface area contributed by atoms with Crippen molar-refractivity contribution in [3.8, 4) is 0 Å². The standard InChI is InChI=1S/C15H16N2O/c18-15(12-4-5-12)13-6-9-17(11-13)10-7-14-3-1-2-8-16-14/h1-3,6,8-9,11-12H,4-5,7,10H2. The maximum atomic E-state index is 11.9. The highest BCUT2D eigenvalue weighted by Crippen LogP contribution is 2.32. The first-order valence-electron chi connectivity index (χ1n) is 6.43. The molecule has 0 N–H and O–H groups in total. The van der Waals surface area contributed by atoms with E-state index in [1.54, 1.807) is 0 Å². The van der Waals surface area contributed by atoms with Crippen LogP contribution in [0.15, 0.2) is 42.9 Å². The van der Waals surface area contributed by atoms with E-state index in [0.717, 1.165) is 37.1 Å². The first-order valence-corrected chi connectivity index (χ1v) is 6.43. The number of hydrogen-bond donors (Lipinski definition) is 0. The van der Waals surface area contributed by atoms with Gasteiger partial charge in [0.25, 0.3) is 0 Å². The number of carbonyl (C=O) groups is 1. The lowest BCUT2D eigenvalue weighted by atomic mass is 10.1. The van der Waals surface area contributed by atoms with E-state index in [1.807, 2.05) is 42.9 Å². The lowest BCUT2D eigenvalue weighted by Crippen LogP contribution is -2.02. The maximum Gasteiger partial charge on any atom is 0.167 e. The molecule has 0 bridgehead atoms. The van der Waals surface area contributed by atoms with Gasteiger partial charge in [-0.15, -0.1) is 0 Å². The molecule has 0 unspecified atom stereocenters. The Bertz CT molecular complexity index is 541. The number of carbonyl (C=O) groups excluding carboxylic acids is 1. The molecule has 0 aliphatic heterocycles. The molecule has 0 aromatic carbocycles. The van der Waals surface area contributed by atoms with Gasteiger partial charge in [-0.25, -0.2) is 0 Å². The van der Waals surface area contributed by atoms with Gasteiger partial charge < -0.3 is 4.57 Å². The Morgan fingerprint density at radius 3 is 2.94 bits per heavy atom. The predicted molar refractivity (Wildman–Crippen MR) is 69.4 cm³/mol. The van der Waals surface area contributed by atoms with E-state index >= 15 is 0 Å². The molecule has 1 fully saturated rings. The summed E-state index contributed by atoms with van der Waals surface area (Å²) in [6.07, 6.45) is 8.79. The van der Waals surface area contributed by atoms with Crippen molar-refractivity contribution in [2.45, 2.75) is 25.8 Å². The van der Waals surface area contributed by atoms with Crippen molar-refractivity contribution in [2.24, 2.45) is 5.92 Å². The van der Waals surface area contributed by atoms with Crippen LogP contribution in [0.4, 0.5) is 0 Å². The zero-order valence-corrected chi connectivity index (χ0v) is 10.2. The molecular weight excluding hydrogens is 224 g/mol. The molecule has 2 aromatic heterocycles. The van der Waals surface area contributed by atoms with Gasteiger partial charge in [0.15, 0.2) is 5.78 Å². The molecule has 2 aromatic rings. The van der Waals surface area contributed by atoms with Gasteiger partial charge in [0, 0.05) is 48.7 Å². The molecule has 0 amide bonds. The normalized spacial score (nSPS) is 14.7. The number of ketones is 1. The van der Waals surface area contributed by atoms with Crippen LogP contribution < -0.4 is 0 Å². The molecule has 92 valence electrons. The molecule has 0 radical (unpaired) electrons. The van der Waals surface area contributed by atoms with Gasteiger partial charge in [-0.3, -0.25) is 9.78 Å². The monoisotopic (exact) mass is 240 g/mol. The van der Waals surface area contributed by atoms with Gasteiger partial charge in [0.1, 0.15) is 0 Å². The Labute approximate surface area is 106 Å². The predicted octanol–water partition coefficient (Wildman–Crippen LogP) is 2.72. The van der Waals surface area contributed by atoms with Crippen LogP contribution >= 0.6 is 0 Å². The Kier molecular flexibility index (Phi) is 2.97. The average molecular weight is 240 g/mol. The van der Waals surface area contributed by atoms with Gasteiger partial charge in [-0.1, -0.05) is 6.07 Å². The van der Waals surface area contributed by atoms with Crippen molar-refractivity contribution >= 4 is 5.78 Å². The minimum atomic E-state index is 0.302. The quantitative estimate of drug-likeness (QED) is 0.753. The molecule has 3 nitrogen and oxygen atoms in total. The Hall–Kier alpha value is -1.90. The van der Waals surface area contributed by atoms with Gasteiger partial charge in [0.05, 0.1) is 0 Å². The zero-order chi connectivity index (χ0) is 12.4. The third-order valence-corrected chi connectivity index (χ3v) is 3.34.